The van der Waals surface area contributed by atoms with Gasteiger partial charge in [-0.3, -0.25) is 4.79 Å². The van der Waals surface area contributed by atoms with Crippen molar-refractivity contribution < 1.29 is 4.79 Å². The van der Waals surface area contributed by atoms with Crippen molar-refractivity contribution in [2.45, 2.75) is 0 Å². The van der Waals surface area contributed by atoms with Crippen LogP contribution in [-0.2, 0) is 0 Å². The van der Waals surface area contributed by atoms with Crippen molar-refractivity contribution in [2.24, 2.45) is 0 Å². The number of rotatable bonds is 3. The quantitative estimate of drug-likeness (QED) is 0.706. The molecule has 1 amide bonds. The van der Waals surface area contributed by atoms with Crippen molar-refractivity contribution in [1.29, 1.82) is 0 Å². The van der Waals surface area contributed by atoms with Gasteiger partial charge in [0.2, 0.25) is 0 Å². The maximum absolute atomic E-state index is 12.8. The number of carbonyl (C=O) groups excluding carboxylic acids is 1. The maximum atomic E-state index is 12.8. The minimum Gasteiger partial charge on any atom is -0.376 e. The number of piperazine rings is 1. The van der Waals surface area contributed by atoms with Gasteiger partial charge in [-0.25, -0.2) is 4.98 Å². The maximum Gasteiger partial charge on any atom is 0.254 e. The Labute approximate surface area is 155 Å². The minimum absolute atomic E-state index is 0.0769. The Kier molecular flexibility index (Phi) is 4.42. The van der Waals surface area contributed by atoms with Gasteiger partial charge in [-0.05, 0) is 18.2 Å². The van der Waals surface area contributed by atoms with Gasteiger partial charge in [0.1, 0.15) is 0 Å². The van der Waals surface area contributed by atoms with Gasteiger partial charge in [-0.15, -0.1) is 16.4 Å². The summed E-state index contributed by atoms with van der Waals surface area (Å²) in [5, 5.41) is 8.33. The number of hydrogen-bond acceptors (Lipinski definition) is 7. The number of carbonyl (C=O) groups is 1. The van der Waals surface area contributed by atoms with Gasteiger partial charge in [-0.2, -0.15) is 5.10 Å². The Morgan fingerprint density at radius 2 is 1.96 bits per heavy atom. The molecule has 0 spiro atoms. The molecule has 0 atom stereocenters. The van der Waals surface area contributed by atoms with Crippen LogP contribution in [0.2, 0.25) is 0 Å². The number of anilines is 2. The van der Waals surface area contributed by atoms with Crippen molar-refractivity contribution in [3.05, 3.63) is 41.5 Å². The Balaban J connectivity index is 1.44. The van der Waals surface area contributed by atoms with E-state index in [9.17, 15) is 4.79 Å². The summed E-state index contributed by atoms with van der Waals surface area (Å²) >= 11 is 1.56. The third-order valence-corrected chi connectivity index (χ3v) is 5.40. The molecule has 1 fully saturated rings. The first-order chi connectivity index (χ1) is 12.6. The third kappa shape index (κ3) is 3.20. The molecule has 1 aliphatic heterocycles. The number of fused-ring (bicyclic) bond motifs is 1. The topological polar surface area (TPSA) is 65.5 Å². The van der Waals surface area contributed by atoms with Crippen LogP contribution in [0.1, 0.15) is 10.4 Å². The molecule has 0 N–H and O–H groups in total. The zero-order valence-electron chi connectivity index (χ0n) is 14.8. The summed E-state index contributed by atoms with van der Waals surface area (Å²) in [6.07, 6.45) is 1.75. The highest BCUT2D eigenvalue weighted by atomic mass is 32.1. The van der Waals surface area contributed by atoms with E-state index in [0.717, 1.165) is 40.4 Å². The first-order valence-electron chi connectivity index (χ1n) is 8.49. The number of aromatic nitrogens is 3. The molecule has 0 radical (unpaired) electrons. The summed E-state index contributed by atoms with van der Waals surface area (Å²) in [7, 11) is 3.97. The van der Waals surface area contributed by atoms with Crippen molar-refractivity contribution in [1.82, 2.24) is 20.1 Å². The zero-order chi connectivity index (χ0) is 18.1. The van der Waals surface area contributed by atoms with E-state index in [2.05, 4.69) is 20.1 Å². The second kappa shape index (κ2) is 6.87. The highest BCUT2D eigenvalue weighted by Crippen LogP contribution is 2.22. The first kappa shape index (κ1) is 16.7. The lowest BCUT2D eigenvalue weighted by atomic mass is 10.1. The Bertz CT molecular complexity index is 932. The molecule has 2 aromatic heterocycles. The Hall–Kier alpha value is -2.74. The van der Waals surface area contributed by atoms with Crippen LogP contribution in [-0.4, -0.2) is 66.3 Å². The molecule has 8 heteroatoms. The van der Waals surface area contributed by atoms with Crippen LogP contribution in [0.3, 0.4) is 0 Å². The first-order valence-corrected chi connectivity index (χ1v) is 9.37. The fourth-order valence-corrected chi connectivity index (χ4v) is 3.77. The van der Waals surface area contributed by atoms with E-state index in [-0.39, 0.29) is 5.91 Å². The molecule has 0 bridgehead atoms. The van der Waals surface area contributed by atoms with Crippen molar-refractivity contribution in [3.63, 3.8) is 0 Å². The zero-order valence-corrected chi connectivity index (χ0v) is 15.6. The standard InChI is InChI=1S/C18H20N6OS/c1-22(2)14-10-17(21-20-11-14)23-5-7-24(8-6-23)18(25)13-3-4-15-16(9-13)26-12-19-15/h3-4,9-12H,5-8H2,1-2H3. The molecule has 1 saturated heterocycles. The molecule has 4 rings (SSSR count). The van der Waals surface area contributed by atoms with E-state index in [4.69, 9.17) is 0 Å². The molecular weight excluding hydrogens is 348 g/mol. The lowest BCUT2D eigenvalue weighted by molar-refractivity contribution is 0.0746. The van der Waals surface area contributed by atoms with Crippen LogP contribution in [0.5, 0.6) is 0 Å². The van der Waals surface area contributed by atoms with Crippen LogP contribution in [0.25, 0.3) is 10.2 Å². The SMILES string of the molecule is CN(C)c1cnnc(N2CCN(C(=O)c3ccc4ncsc4c3)CC2)c1. The molecule has 0 unspecified atom stereocenters. The van der Waals surface area contributed by atoms with Gasteiger partial charge in [0, 0.05) is 51.9 Å². The number of amides is 1. The van der Waals surface area contributed by atoms with E-state index < -0.39 is 0 Å². The molecule has 1 aromatic carbocycles. The van der Waals surface area contributed by atoms with Crippen LogP contribution < -0.4 is 9.80 Å². The summed E-state index contributed by atoms with van der Waals surface area (Å²) in [5.41, 5.74) is 4.49. The highest BCUT2D eigenvalue weighted by molar-refractivity contribution is 7.16. The number of hydrogen-bond donors (Lipinski definition) is 0. The average Bonchev–Trinajstić information content (AvgIpc) is 3.15. The molecule has 0 aliphatic carbocycles. The largest absolute Gasteiger partial charge is 0.376 e. The van der Waals surface area contributed by atoms with Crippen LogP contribution >= 0.6 is 11.3 Å². The van der Waals surface area contributed by atoms with E-state index >= 15 is 0 Å². The van der Waals surface area contributed by atoms with Gasteiger partial charge < -0.3 is 14.7 Å². The number of thiazole rings is 1. The molecular formula is C18H20N6OS. The van der Waals surface area contributed by atoms with Crippen LogP contribution in [0, 0.1) is 0 Å². The number of benzene rings is 1. The Morgan fingerprint density at radius 1 is 1.15 bits per heavy atom. The summed E-state index contributed by atoms with van der Waals surface area (Å²) in [5.74, 6) is 0.933. The lowest BCUT2D eigenvalue weighted by Gasteiger charge is -2.35. The normalized spacial score (nSPS) is 14.7. The van der Waals surface area contributed by atoms with Crippen molar-refractivity contribution >= 4 is 39.0 Å². The van der Waals surface area contributed by atoms with Gasteiger partial charge in [-0.1, -0.05) is 0 Å². The monoisotopic (exact) mass is 368 g/mol. The highest BCUT2D eigenvalue weighted by Gasteiger charge is 2.23. The van der Waals surface area contributed by atoms with E-state index in [0.29, 0.717) is 13.1 Å². The van der Waals surface area contributed by atoms with E-state index in [1.807, 2.05) is 48.2 Å². The van der Waals surface area contributed by atoms with E-state index in [1.165, 1.54) is 0 Å². The predicted octanol–water partition coefficient (Wildman–Crippen LogP) is 2.11. The molecule has 0 saturated carbocycles. The Morgan fingerprint density at radius 3 is 2.73 bits per heavy atom. The third-order valence-electron chi connectivity index (χ3n) is 4.61. The second-order valence-electron chi connectivity index (χ2n) is 6.48. The van der Waals surface area contributed by atoms with Gasteiger partial charge in [0.25, 0.3) is 5.91 Å². The summed E-state index contributed by atoms with van der Waals surface area (Å²) in [6, 6.07) is 7.75. The molecule has 3 aromatic rings. The fraction of sp³-hybridized carbons (Fsp3) is 0.333. The number of nitrogens with zero attached hydrogens (tertiary/aromatic N) is 6. The van der Waals surface area contributed by atoms with Gasteiger partial charge in [0.05, 0.1) is 27.6 Å². The molecule has 26 heavy (non-hydrogen) atoms. The summed E-state index contributed by atoms with van der Waals surface area (Å²) in [6.45, 7) is 2.85. The lowest BCUT2D eigenvalue weighted by Crippen LogP contribution is -2.49. The second-order valence-corrected chi connectivity index (χ2v) is 7.37. The van der Waals surface area contributed by atoms with Gasteiger partial charge >= 0.3 is 0 Å². The molecule has 7 nitrogen and oxygen atoms in total. The predicted molar refractivity (Wildman–Crippen MR) is 104 cm³/mol. The average molecular weight is 368 g/mol. The van der Waals surface area contributed by atoms with Crippen LogP contribution in [0.15, 0.2) is 36.0 Å². The smallest absolute Gasteiger partial charge is 0.254 e. The molecule has 3 heterocycles. The van der Waals surface area contributed by atoms with Crippen LogP contribution in [0.4, 0.5) is 11.5 Å². The van der Waals surface area contributed by atoms with Gasteiger partial charge in [0.15, 0.2) is 5.82 Å². The van der Waals surface area contributed by atoms with Crippen molar-refractivity contribution in [2.75, 3.05) is 50.1 Å². The fourth-order valence-electron chi connectivity index (χ4n) is 3.05. The van der Waals surface area contributed by atoms with E-state index in [1.54, 1.807) is 23.0 Å². The minimum atomic E-state index is 0.0769. The molecule has 134 valence electrons. The molecule has 1 aliphatic rings. The summed E-state index contributed by atoms with van der Waals surface area (Å²) < 4.78 is 1.05. The van der Waals surface area contributed by atoms with Crippen molar-refractivity contribution in [3.8, 4) is 0 Å². The summed E-state index contributed by atoms with van der Waals surface area (Å²) in [4.78, 5) is 23.2.